The maximum Gasteiger partial charge on any atom is 0.144 e. The van der Waals surface area contributed by atoms with Crippen LogP contribution in [-0.4, -0.2) is 16.7 Å². The molecule has 0 bridgehead atoms. The van der Waals surface area contributed by atoms with Gasteiger partial charge in [0, 0.05) is 23.5 Å². The summed E-state index contributed by atoms with van der Waals surface area (Å²) in [5, 5.41) is 1.19. The lowest BCUT2D eigenvalue weighted by Gasteiger charge is -2.06. The van der Waals surface area contributed by atoms with Crippen LogP contribution in [0.1, 0.15) is 5.56 Å². The number of rotatable bonds is 2. The maximum absolute atomic E-state index is 5.17. The molecule has 0 saturated carbocycles. The zero-order valence-corrected chi connectivity index (χ0v) is 10.4. The summed E-state index contributed by atoms with van der Waals surface area (Å²) in [5.41, 5.74) is 3.32. The zero-order chi connectivity index (χ0) is 12.5. The number of benzene rings is 1. The molecule has 0 amide bonds. The fraction of sp³-hybridized carbons (Fsp3) is 0.133. The highest BCUT2D eigenvalue weighted by molar-refractivity contribution is 5.81. The van der Waals surface area contributed by atoms with Gasteiger partial charge in [-0.25, -0.2) is 4.98 Å². The van der Waals surface area contributed by atoms with Crippen LogP contribution in [0.25, 0.3) is 16.7 Å². The van der Waals surface area contributed by atoms with Gasteiger partial charge in [-0.1, -0.05) is 0 Å². The summed E-state index contributed by atoms with van der Waals surface area (Å²) in [4.78, 5) is 4.45. The Labute approximate surface area is 106 Å². The summed E-state index contributed by atoms with van der Waals surface area (Å²) in [6.07, 6.45) is 3.89. The fourth-order valence-corrected chi connectivity index (χ4v) is 2.12. The van der Waals surface area contributed by atoms with Gasteiger partial charge in [-0.2, -0.15) is 0 Å². The molecule has 0 saturated heterocycles. The summed E-state index contributed by atoms with van der Waals surface area (Å²) in [6, 6.07) is 12.1. The van der Waals surface area contributed by atoms with Crippen molar-refractivity contribution in [2.75, 3.05) is 7.11 Å². The Morgan fingerprint density at radius 2 is 1.83 bits per heavy atom. The highest BCUT2D eigenvalue weighted by atomic mass is 16.5. The highest BCUT2D eigenvalue weighted by Crippen LogP contribution is 2.22. The number of aromatic nitrogens is 2. The Balaban J connectivity index is 2.16. The molecule has 0 radical (unpaired) electrons. The van der Waals surface area contributed by atoms with Crippen LogP contribution in [0, 0.1) is 6.92 Å². The van der Waals surface area contributed by atoms with Crippen molar-refractivity contribution in [3.8, 4) is 11.4 Å². The van der Waals surface area contributed by atoms with E-state index in [1.165, 1.54) is 10.9 Å². The van der Waals surface area contributed by atoms with Gasteiger partial charge in [0.1, 0.15) is 11.4 Å². The van der Waals surface area contributed by atoms with Crippen LogP contribution in [0.15, 0.2) is 48.8 Å². The second kappa shape index (κ2) is 4.18. The molecule has 0 spiro atoms. The Bertz CT molecular complexity index is 683. The van der Waals surface area contributed by atoms with E-state index in [1.54, 1.807) is 7.11 Å². The summed E-state index contributed by atoms with van der Waals surface area (Å²) in [6.45, 7) is 2.10. The third-order valence-corrected chi connectivity index (χ3v) is 3.16. The summed E-state index contributed by atoms with van der Waals surface area (Å²) in [7, 11) is 1.67. The number of pyridine rings is 1. The average molecular weight is 238 g/mol. The lowest BCUT2D eigenvalue weighted by Crippen LogP contribution is -1.94. The molecule has 3 rings (SSSR count). The van der Waals surface area contributed by atoms with Gasteiger partial charge in [0.05, 0.1) is 7.11 Å². The first kappa shape index (κ1) is 10.8. The van der Waals surface area contributed by atoms with Crippen LogP contribution in [-0.2, 0) is 0 Å². The number of methoxy groups -OCH3 is 1. The van der Waals surface area contributed by atoms with Crippen LogP contribution in [0.5, 0.6) is 5.75 Å². The van der Waals surface area contributed by atoms with E-state index < -0.39 is 0 Å². The average Bonchev–Trinajstić information content (AvgIpc) is 2.84. The number of ether oxygens (including phenoxy) is 1. The topological polar surface area (TPSA) is 27.1 Å². The van der Waals surface area contributed by atoms with E-state index in [4.69, 9.17) is 4.74 Å². The van der Waals surface area contributed by atoms with Gasteiger partial charge in [-0.05, 0) is 48.9 Å². The van der Waals surface area contributed by atoms with Crippen LogP contribution in [0.4, 0.5) is 0 Å². The third-order valence-electron chi connectivity index (χ3n) is 3.16. The molecule has 0 atom stereocenters. The van der Waals surface area contributed by atoms with E-state index >= 15 is 0 Å². The molecule has 1 aromatic carbocycles. The molecule has 0 fully saturated rings. The largest absolute Gasteiger partial charge is 0.497 e. The van der Waals surface area contributed by atoms with Crippen LogP contribution in [0.3, 0.4) is 0 Å². The molecule has 3 nitrogen and oxygen atoms in total. The van der Waals surface area contributed by atoms with E-state index in [9.17, 15) is 0 Å². The lowest BCUT2D eigenvalue weighted by molar-refractivity contribution is 0.415. The quantitative estimate of drug-likeness (QED) is 0.684. The normalized spacial score (nSPS) is 10.8. The molecule has 0 aliphatic rings. The highest BCUT2D eigenvalue weighted by Gasteiger charge is 2.05. The molecule has 2 aromatic heterocycles. The number of hydrogen-bond donors (Lipinski definition) is 0. The Kier molecular flexibility index (Phi) is 2.52. The van der Waals surface area contributed by atoms with Gasteiger partial charge >= 0.3 is 0 Å². The number of fused-ring (bicyclic) bond motifs is 1. The molecule has 90 valence electrons. The van der Waals surface area contributed by atoms with Crippen LogP contribution < -0.4 is 4.74 Å². The second-order valence-electron chi connectivity index (χ2n) is 4.25. The minimum absolute atomic E-state index is 0.861. The summed E-state index contributed by atoms with van der Waals surface area (Å²) in [5.74, 6) is 0.861. The van der Waals surface area contributed by atoms with E-state index in [1.807, 2.05) is 42.7 Å². The Hall–Kier alpha value is -2.29. The fourth-order valence-electron chi connectivity index (χ4n) is 2.12. The van der Waals surface area contributed by atoms with Gasteiger partial charge in [-0.3, -0.25) is 0 Å². The summed E-state index contributed by atoms with van der Waals surface area (Å²) >= 11 is 0. The summed E-state index contributed by atoms with van der Waals surface area (Å²) < 4.78 is 7.25. The molecular formula is C15H14N2O. The number of aryl methyl sites for hydroxylation is 1. The smallest absolute Gasteiger partial charge is 0.144 e. The number of nitrogens with zero attached hydrogens (tertiary/aromatic N) is 2. The predicted molar refractivity (Wildman–Crippen MR) is 72.4 cm³/mol. The minimum Gasteiger partial charge on any atom is -0.497 e. The minimum atomic E-state index is 0.861. The Morgan fingerprint density at radius 3 is 2.56 bits per heavy atom. The molecule has 0 unspecified atom stereocenters. The second-order valence-corrected chi connectivity index (χ2v) is 4.25. The zero-order valence-electron chi connectivity index (χ0n) is 10.4. The van der Waals surface area contributed by atoms with Crippen molar-refractivity contribution in [1.29, 1.82) is 0 Å². The molecule has 2 heterocycles. The third kappa shape index (κ3) is 1.64. The van der Waals surface area contributed by atoms with Crippen molar-refractivity contribution in [3.05, 3.63) is 54.4 Å². The van der Waals surface area contributed by atoms with Crippen molar-refractivity contribution in [2.24, 2.45) is 0 Å². The van der Waals surface area contributed by atoms with Gasteiger partial charge in [0.25, 0.3) is 0 Å². The van der Waals surface area contributed by atoms with E-state index in [0.717, 1.165) is 17.1 Å². The van der Waals surface area contributed by atoms with Crippen LogP contribution in [0.2, 0.25) is 0 Å². The molecule has 0 aliphatic carbocycles. The van der Waals surface area contributed by atoms with Gasteiger partial charge in [0.15, 0.2) is 0 Å². The first-order valence-electron chi connectivity index (χ1n) is 5.86. The predicted octanol–water partition coefficient (Wildman–Crippen LogP) is 3.34. The van der Waals surface area contributed by atoms with Gasteiger partial charge < -0.3 is 9.30 Å². The molecule has 18 heavy (non-hydrogen) atoms. The van der Waals surface area contributed by atoms with Crippen molar-refractivity contribution < 1.29 is 4.74 Å². The maximum atomic E-state index is 5.17. The first-order chi connectivity index (χ1) is 8.79. The van der Waals surface area contributed by atoms with E-state index in [-0.39, 0.29) is 0 Å². The lowest BCUT2D eigenvalue weighted by atomic mass is 10.2. The standard InChI is InChI=1S/C15H14N2O/c1-11-7-9-16-15-14(11)8-10-17(15)12-3-5-13(18-2)6-4-12/h3-10H,1-2H3. The Morgan fingerprint density at radius 1 is 1.06 bits per heavy atom. The van der Waals surface area contributed by atoms with Gasteiger partial charge in [0.2, 0.25) is 0 Å². The van der Waals surface area contributed by atoms with Crippen molar-refractivity contribution >= 4 is 11.0 Å². The molecule has 0 N–H and O–H groups in total. The van der Waals surface area contributed by atoms with Crippen LogP contribution >= 0.6 is 0 Å². The van der Waals surface area contributed by atoms with Crippen molar-refractivity contribution in [3.63, 3.8) is 0 Å². The first-order valence-corrected chi connectivity index (χ1v) is 5.86. The SMILES string of the molecule is COc1ccc(-n2ccc3c(C)ccnc32)cc1. The van der Waals surface area contributed by atoms with Crippen molar-refractivity contribution in [1.82, 2.24) is 9.55 Å². The van der Waals surface area contributed by atoms with E-state index in [0.29, 0.717) is 0 Å². The monoisotopic (exact) mass is 238 g/mol. The molecular weight excluding hydrogens is 224 g/mol. The molecule has 3 heteroatoms. The van der Waals surface area contributed by atoms with Crippen molar-refractivity contribution in [2.45, 2.75) is 6.92 Å². The van der Waals surface area contributed by atoms with Gasteiger partial charge in [-0.15, -0.1) is 0 Å². The number of hydrogen-bond acceptors (Lipinski definition) is 2. The van der Waals surface area contributed by atoms with E-state index in [2.05, 4.69) is 22.5 Å². The molecule has 0 aliphatic heterocycles. The molecule has 3 aromatic rings.